The SMILES string of the molecule is C#CCNCC(=O)Nc1ccccc1OCC. The average molecular weight is 232 g/mol. The molecule has 90 valence electrons. The molecule has 0 atom stereocenters. The minimum atomic E-state index is -0.146. The maximum atomic E-state index is 11.5. The summed E-state index contributed by atoms with van der Waals surface area (Å²) in [6.45, 7) is 3.01. The molecular formula is C13H16N2O2. The van der Waals surface area contributed by atoms with Crippen LogP contribution in [-0.4, -0.2) is 25.6 Å². The molecule has 17 heavy (non-hydrogen) atoms. The van der Waals surface area contributed by atoms with Crippen molar-refractivity contribution in [2.45, 2.75) is 6.92 Å². The summed E-state index contributed by atoms with van der Waals surface area (Å²) in [5.74, 6) is 2.92. The van der Waals surface area contributed by atoms with Crippen molar-refractivity contribution in [3.8, 4) is 18.1 Å². The predicted molar refractivity (Wildman–Crippen MR) is 67.9 cm³/mol. The smallest absolute Gasteiger partial charge is 0.238 e. The normalized spacial score (nSPS) is 9.41. The zero-order valence-electron chi connectivity index (χ0n) is 9.82. The van der Waals surface area contributed by atoms with E-state index in [0.717, 1.165) is 0 Å². The second kappa shape index (κ2) is 7.31. The number of hydrogen-bond acceptors (Lipinski definition) is 3. The highest BCUT2D eigenvalue weighted by Gasteiger charge is 2.06. The third-order valence-electron chi connectivity index (χ3n) is 1.97. The van der Waals surface area contributed by atoms with Crippen LogP contribution in [-0.2, 0) is 4.79 Å². The topological polar surface area (TPSA) is 50.4 Å². The van der Waals surface area contributed by atoms with Crippen LogP contribution in [0.3, 0.4) is 0 Å². The van der Waals surface area contributed by atoms with Crippen LogP contribution in [0.25, 0.3) is 0 Å². The number of hydrogen-bond donors (Lipinski definition) is 2. The molecule has 2 N–H and O–H groups in total. The maximum absolute atomic E-state index is 11.5. The molecule has 1 rings (SSSR count). The lowest BCUT2D eigenvalue weighted by atomic mass is 10.3. The summed E-state index contributed by atoms with van der Waals surface area (Å²) in [4.78, 5) is 11.5. The first-order valence-corrected chi connectivity index (χ1v) is 5.43. The molecular weight excluding hydrogens is 216 g/mol. The number of nitrogens with one attached hydrogen (secondary N) is 2. The lowest BCUT2D eigenvalue weighted by Crippen LogP contribution is -2.28. The van der Waals surface area contributed by atoms with Crippen LogP contribution in [0, 0.1) is 12.3 Å². The van der Waals surface area contributed by atoms with Gasteiger partial charge in [0.1, 0.15) is 5.75 Å². The van der Waals surface area contributed by atoms with E-state index in [2.05, 4.69) is 16.6 Å². The van der Waals surface area contributed by atoms with Gasteiger partial charge in [0.2, 0.25) is 5.91 Å². The van der Waals surface area contributed by atoms with Crippen LogP contribution < -0.4 is 15.4 Å². The molecule has 0 unspecified atom stereocenters. The molecule has 0 heterocycles. The summed E-state index contributed by atoms with van der Waals surface area (Å²) in [5.41, 5.74) is 0.668. The highest BCUT2D eigenvalue weighted by Crippen LogP contribution is 2.23. The fourth-order valence-corrected chi connectivity index (χ4v) is 1.29. The molecule has 0 saturated carbocycles. The van der Waals surface area contributed by atoms with E-state index in [1.165, 1.54) is 0 Å². The quantitative estimate of drug-likeness (QED) is 0.573. The van der Waals surface area contributed by atoms with Gasteiger partial charge >= 0.3 is 0 Å². The average Bonchev–Trinajstić information content (AvgIpc) is 2.32. The molecule has 4 nitrogen and oxygen atoms in total. The van der Waals surface area contributed by atoms with Crippen molar-refractivity contribution in [2.24, 2.45) is 0 Å². The van der Waals surface area contributed by atoms with Crippen molar-refractivity contribution in [1.82, 2.24) is 5.32 Å². The van der Waals surface area contributed by atoms with Crippen LogP contribution in [0.1, 0.15) is 6.92 Å². The van der Waals surface area contributed by atoms with Gasteiger partial charge in [-0.05, 0) is 19.1 Å². The Bertz CT molecular complexity index is 410. The first kappa shape index (κ1) is 13.1. The number of ether oxygens (including phenoxy) is 1. The molecule has 0 aromatic heterocycles. The van der Waals surface area contributed by atoms with Gasteiger partial charge in [0.25, 0.3) is 0 Å². The summed E-state index contributed by atoms with van der Waals surface area (Å²) in [5, 5.41) is 5.58. The summed E-state index contributed by atoms with van der Waals surface area (Å²) >= 11 is 0. The molecule has 1 aromatic rings. The van der Waals surface area contributed by atoms with Crippen LogP contribution >= 0.6 is 0 Å². The molecule has 0 aliphatic rings. The zero-order valence-corrected chi connectivity index (χ0v) is 9.82. The molecule has 1 aromatic carbocycles. The molecule has 0 saturated heterocycles. The van der Waals surface area contributed by atoms with E-state index in [0.29, 0.717) is 24.6 Å². The number of para-hydroxylation sites is 2. The summed E-state index contributed by atoms with van der Waals surface area (Å²) < 4.78 is 5.40. The second-order valence-corrected chi connectivity index (χ2v) is 3.29. The Kier molecular flexibility index (Phi) is 5.62. The monoisotopic (exact) mass is 232 g/mol. The summed E-state index contributed by atoms with van der Waals surface area (Å²) in [6.07, 6.45) is 5.07. The number of carbonyl (C=O) groups is 1. The van der Waals surface area contributed by atoms with Gasteiger partial charge in [0, 0.05) is 0 Å². The third-order valence-corrected chi connectivity index (χ3v) is 1.97. The number of anilines is 1. The van der Waals surface area contributed by atoms with Gasteiger partial charge in [-0.2, -0.15) is 0 Å². The highest BCUT2D eigenvalue weighted by atomic mass is 16.5. The van der Waals surface area contributed by atoms with Crippen LogP contribution in [0.15, 0.2) is 24.3 Å². The van der Waals surface area contributed by atoms with Crippen molar-refractivity contribution in [2.75, 3.05) is 25.0 Å². The van der Waals surface area contributed by atoms with Crippen LogP contribution in [0.4, 0.5) is 5.69 Å². The van der Waals surface area contributed by atoms with Gasteiger partial charge in [0.05, 0.1) is 25.4 Å². The van der Waals surface area contributed by atoms with Crippen molar-refractivity contribution in [1.29, 1.82) is 0 Å². The fourth-order valence-electron chi connectivity index (χ4n) is 1.29. The molecule has 0 aliphatic carbocycles. The van der Waals surface area contributed by atoms with E-state index >= 15 is 0 Å². The molecule has 1 amide bonds. The van der Waals surface area contributed by atoms with Crippen molar-refractivity contribution < 1.29 is 9.53 Å². The molecule has 0 aliphatic heterocycles. The Labute approximate surface area is 101 Å². The summed E-state index contributed by atoms with van der Waals surface area (Å²) in [7, 11) is 0. The van der Waals surface area contributed by atoms with E-state index < -0.39 is 0 Å². The maximum Gasteiger partial charge on any atom is 0.238 e. The number of terminal acetylenes is 1. The Hall–Kier alpha value is -1.99. The molecule has 0 radical (unpaired) electrons. The molecule has 0 spiro atoms. The van der Waals surface area contributed by atoms with E-state index in [1.807, 2.05) is 25.1 Å². The number of rotatable bonds is 6. The number of carbonyl (C=O) groups excluding carboxylic acids is 1. The van der Waals surface area contributed by atoms with E-state index in [-0.39, 0.29) is 12.5 Å². The van der Waals surface area contributed by atoms with E-state index in [1.54, 1.807) is 6.07 Å². The number of benzene rings is 1. The Balaban J connectivity index is 2.55. The van der Waals surface area contributed by atoms with E-state index in [9.17, 15) is 4.79 Å². The Morgan fingerprint density at radius 3 is 2.94 bits per heavy atom. The summed E-state index contributed by atoms with van der Waals surface area (Å²) in [6, 6.07) is 7.31. The van der Waals surface area contributed by atoms with Gasteiger partial charge in [-0.1, -0.05) is 18.1 Å². The third kappa shape index (κ3) is 4.58. The molecule has 4 heteroatoms. The fraction of sp³-hybridized carbons (Fsp3) is 0.308. The number of amides is 1. The van der Waals surface area contributed by atoms with Gasteiger partial charge in [0.15, 0.2) is 0 Å². The largest absolute Gasteiger partial charge is 0.492 e. The van der Waals surface area contributed by atoms with Crippen LogP contribution in [0.5, 0.6) is 5.75 Å². The van der Waals surface area contributed by atoms with Gasteiger partial charge < -0.3 is 10.1 Å². The van der Waals surface area contributed by atoms with Crippen LogP contribution in [0.2, 0.25) is 0 Å². The van der Waals surface area contributed by atoms with Crippen molar-refractivity contribution >= 4 is 11.6 Å². The van der Waals surface area contributed by atoms with Gasteiger partial charge in [-0.25, -0.2) is 0 Å². The minimum Gasteiger partial charge on any atom is -0.492 e. The Morgan fingerprint density at radius 2 is 2.24 bits per heavy atom. The first-order valence-electron chi connectivity index (χ1n) is 5.43. The van der Waals surface area contributed by atoms with Crippen molar-refractivity contribution in [3.63, 3.8) is 0 Å². The van der Waals surface area contributed by atoms with Crippen molar-refractivity contribution in [3.05, 3.63) is 24.3 Å². The lowest BCUT2D eigenvalue weighted by molar-refractivity contribution is -0.115. The van der Waals surface area contributed by atoms with Gasteiger partial charge in [-0.3, -0.25) is 10.1 Å². The Morgan fingerprint density at radius 1 is 1.47 bits per heavy atom. The predicted octanol–water partition coefficient (Wildman–Crippen LogP) is 1.25. The standard InChI is InChI=1S/C13H16N2O2/c1-3-9-14-10-13(16)15-11-7-5-6-8-12(11)17-4-2/h1,5-8,14H,4,9-10H2,2H3,(H,15,16). The second-order valence-electron chi connectivity index (χ2n) is 3.29. The first-order chi connectivity index (χ1) is 8.27. The van der Waals surface area contributed by atoms with E-state index in [4.69, 9.17) is 11.2 Å². The lowest BCUT2D eigenvalue weighted by Gasteiger charge is -2.11. The molecule has 0 bridgehead atoms. The van der Waals surface area contributed by atoms with Gasteiger partial charge in [-0.15, -0.1) is 6.42 Å². The zero-order chi connectivity index (χ0) is 12.5. The molecule has 0 fully saturated rings. The minimum absolute atomic E-state index is 0.146. The highest BCUT2D eigenvalue weighted by molar-refractivity contribution is 5.93.